The normalized spacial score (nSPS) is 27.1. The zero-order valence-electron chi connectivity index (χ0n) is 8.36. The number of rotatable bonds is 3. The SMILES string of the molecule is CC(=O)SCC1CC(=O)N(C2CC2)C1. The summed E-state index contributed by atoms with van der Waals surface area (Å²) in [6, 6.07) is 0.537. The Labute approximate surface area is 88.2 Å². The second kappa shape index (κ2) is 3.93. The highest BCUT2D eigenvalue weighted by atomic mass is 32.2. The fraction of sp³-hybridized carbons (Fsp3) is 0.800. The zero-order chi connectivity index (χ0) is 10.1. The van der Waals surface area contributed by atoms with Crippen LogP contribution in [0.1, 0.15) is 26.2 Å². The Morgan fingerprint density at radius 1 is 1.57 bits per heavy atom. The molecule has 1 saturated carbocycles. The van der Waals surface area contributed by atoms with Crippen LogP contribution in [0.25, 0.3) is 0 Å². The van der Waals surface area contributed by atoms with Gasteiger partial charge in [-0.1, -0.05) is 11.8 Å². The van der Waals surface area contributed by atoms with Crippen LogP contribution in [0.2, 0.25) is 0 Å². The van der Waals surface area contributed by atoms with E-state index in [1.807, 2.05) is 4.90 Å². The van der Waals surface area contributed by atoms with E-state index in [1.165, 1.54) is 24.6 Å². The number of carbonyl (C=O) groups is 2. The van der Waals surface area contributed by atoms with Gasteiger partial charge in [-0.05, 0) is 18.8 Å². The number of likely N-dealkylation sites (tertiary alicyclic amines) is 1. The third-order valence-electron chi connectivity index (χ3n) is 2.75. The minimum absolute atomic E-state index is 0.155. The van der Waals surface area contributed by atoms with Gasteiger partial charge in [0.05, 0.1) is 0 Å². The van der Waals surface area contributed by atoms with E-state index < -0.39 is 0 Å². The lowest BCUT2D eigenvalue weighted by Gasteiger charge is -2.14. The molecule has 0 bridgehead atoms. The molecule has 0 spiro atoms. The second-order valence-corrected chi connectivity index (χ2v) is 5.35. The topological polar surface area (TPSA) is 37.4 Å². The quantitative estimate of drug-likeness (QED) is 0.708. The maximum atomic E-state index is 11.5. The maximum Gasteiger partial charge on any atom is 0.223 e. The number of amides is 1. The van der Waals surface area contributed by atoms with E-state index in [-0.39, 0.29) is 5.12 Å². The standard InChI is InChI=1S/C10H15NO2S/c1-7(12)14-6-8-4-10(13)11(5-8)9-2-3-9/h8-9H,2-6H2,1H3. The first-order valence-electron chi connectivity index (χ1n) is 5.09. The summed E-state index contributed by atoms with van der Waals surface area (Å²) in [6.45, 7) is 2.46. The molecular weight excluding hydrogens is 198 g/mol. The van der Waals surface area contributed by atoms with Crippen LogP contribution in [-0.4, -0.2) is 34.3 Å². The van der Waals surface area contributed by atoms with Crippen LogP contribution in [0.5, 0.6) is 0 Å². The first kappa shape index (κ1) is 10.0. The molecule has 0 N–H and O–H groups in total. The number of carbonyl (C=O) groups excluding carboxylic acids is 2. The van der Waals surface area contributed by atoms with Crippen molar-refractivity contribution in [2.24, 2.45) is 5.92 Å². The molecule has 78 valence electrons. The van der Waals surface area contributed by atoms with Gasteiger partial charge in [0.25, 0.3) is 0 Å². The molecule has 0 aromatic rings. The van der Waals surface area contributed by atoms with Crippen LogP contribution < -0.4 is 0 Å². The molecule has 1 saturated heterocycles. The number of hydrogen-bond acceptors (Lipinski definition) is 3. The summed E-state index contributed by atoms with van der Waals surface area (Å²) in [5.74, 6) is 1.50. The fourth-order valence-electron chi connectivity index (χ4n) is 1.89. The van der Waals surface area contributed by atoms with Gasteiger partial charge < -0.3 is 4.90 Å². The lowest BCUT2D eigenvalue weighted by Crippen LogP contribution is -2.27. The van der Waals surface area contributed by atoms with E-state index in [1.54, 1.807) is 6.92 Å². The highest BCUT2D eigenvalue weighted by Gasteiger charge is 2.39. The van der Waals surface area contributed by atoms with E-state index in [0.717, 1.165) is 12.3 Å². The zero-order valence-corrected chi connectivity index (χ0v) is 9.18. The summed E-state index contributed by atoms with van der Waals surface area (Å²) in [7, 11) is 0. The summed E-state index contributed by atoms with van der Waals surface area (Å²) >= 11 is 1.35. The van der Waals surface area contributed by atoms with E-state index in [0.29, 0.717) is 24.3 Å². The van der Waals surface area contributed by atoms with Crippen molar-refractivity contribution in [3.05, 3.63) is 0 Å². The van der Waals surface area contributed by atoms with Crippen LogP contribution in [-0.2, 0) is 9.59 Å². The summed E-state index contributed by atoms with van der Waals surface area (Å²) in [5, 5.41) is 0.155. The van der Waals surface area contributed by atoms with Crippen molar-refractivity contribution >= 4 is 22.8 Å². The number of hydrogen-bond donors (Lipinski definition) is 0. The van der Waals surface area contributed by atoms with Crippen molar-refractivity contribution in [2.45, 2.75) is 32.2 Å². The van der Waals surface area contributed by atoms with Crippen molar-refractivity contribution < 1.29 is 9.59 Å². The third kappa shape index (κ3) is 2.29. The Morgan fingerprint density at radius 3 is 2.86 bits per heavy atom. The van der Waals surface area contributed by atoms with Crippen LogP contribution in [0, 0.1) is 5.92 Å². The second-order valence-electron chi connectivity index (χ2n) is 4.15. The van der Waals surface area contributed by atoms with Gasteiger partial charge in [0.2, 0.25) is 5.91 Å². The molecule has 1 unspecified atom stereocenters. The van der Waals surface area contributed by atoms with Crippen molar-refractivity contribution in [2.75, 3.05) is 12.3 Å². The van der Waals surface area contributed by atoms with Gasteiger partial charge in [-0.25, -0.2) is 0 Å². The van der Waals surface area contributed by atoms with Crippen molar-refractivity contribution in [1.29, 1.82) is 0 Å². The molecule has 3 nitrogen and oxygen atoms in total. The van der Waals surface area contributed by atoms with Crippen molar-refractivity contribution in [3.63, 3.8) is 0 Å². The Morgan fingerprint density at radius 2 is 2.29 bits per heavy atom. The predicted molar refractivity (Wildman–Crippen MR) is 56.0 cm³/mol. The van der Waals surface area contributed by atoms with E-state index >= 15 is 0 Å². The summed E-state index contributed by atoms with van der Waals surface area (Å²) in [6.07, 6.45) is 3.01. The van der Waals surface area contributed by atoms with Crippen LogP contribution >= 0.6 is 11.8 Å². The van der Waals surface area contributed by atoms with Crippen molar-refractivity contribution in [3.8, 4) is 0 Å². The van der Waals surface area contributed by atoms with Crippen LogP contribution in [0.4, 0.5) is 0 Å². The molecule has 1 aliphatic carbocycles. The smallest absolute Gasteiger partial charge is 0.223 e. The van der Waals surface area contributed by atoms with E-state index in [4.69, 9.17) is 0 Å². The fourth-order valence-corrected chi connectivity index (χ4v) is 2.59. The van der Waals surface area contributed by atoms with Gasteiger partial charge >= 0.3 is 0 Å². The van der Waals surface area contributed by atoms with Gasteiger partial charge in [0.1, 0.15) is 0 Å². The molecule has 1 atom stereocenters. The molecule has 2 aliphatic rings. The summed E-state index contributed by atoms with van der Waals surface area (Å²) < 4.78 is 0. The van der Waals surface area contributed by atoms with Crippen LogP contribution in [0.3, 0.4) is 0 Å². The largest absolute Gasteiger partial charge is 0.339 e. The monoisotopic (exact) mass is 213 g/mol. The molecule has 4 heteroatoms. The summed E-state index contributed by atoms with van der Waals surface area (Å²) in [5.41, 5.74) is 0. The van der Waals surface area contributed by atoms with E-state index in [2.05, 4.69) is 0 Å². The highest BCUT2D eigenvalue weighted by Crippen LogP contribution is 2.33. The molecule has 14 heavy (non-hydrogen) atoms. The Kier molecular flexibility index (Phi) is 2.81. The van der Waals surface area contributed by atoms with Gasteiger partial charge in [0.15, 0.2) is 5.12 Å². The highest BCUT2D eigenvalue weighted by molar-refractivity contribution is 8.13. The molecule has 0 radical (unpaired) electrons. The van der Waals surface area contributed by atoms with Crippen LogP contribution in [0.15, 0.2) is 0 Å². The average molecular weight is 213 g/mol. The first-order valence-corrected chi connectivity index (χ1v) is 6.08. The molecule has 0 aromatic heterocycles. The predicted octanol–water partition coefficient (Wildman–Crippen LogP) is 1.28. The third-order valence-corrected chi connectivity index (χ3v) is 3.79. The Hall–Kier alpha value is -0.510. The van der Waals surface area contributed by atoms with E-state index in [9.17, 15) is 9.59 Å². The molecule has 2 rings (SSSR count). The Bertz CT molecular complexity index is 263. The first-order chi connectivity index (χ1) is 6.66. The molecule has 1 amide bonds. The van der Waals surface area contributed by atoms with Gasteiger partial charge in [-0.2, -0.15) is 0 Å². The van der Waals surface area contributed by atoms with Gasteiger partial charge in [-0.3, -0.25) is 9.59 Å². The number of nitrogens with zero attached hydrogens (tertiary/aromatic N) is 1. The lowest BCUT2D eigenvalue weighted by atomic mass is 10.1. The Balaban J connectivity index is 1.80. The molecule has 0 aromatic carbocycles. The molecular formula is C10H15NO2S. The van der Waals surface area contributed by atoms with Crippen molar-refractivity contribution in [1.82, 2.24) is 4.90 Å². The molecule has 1 heterocycles. The maximum absolute atomic E-state index is 11.5. The minimum Gasteiger partial charge on any atom is -0.339 e. The summed E-state index contributed by atoms with van der Waals surface area (Å²) in [4.78, 5) is 24.3. The minimum atomic E-state index is 0.155. The average Bonchev–Trinajstić information content (AvgIpc) is 2.88. The number of thioether (sulfide) groups is 1. The van der Waals surface area contributed by atoms with Gasteiger partial charge in [0, 0.05) is 31.7 Å². The lowest BCUT2D eigenvalue weighted by molar-refractivity contribution is -0.128. The molecule has 1 aliphatic heterocycles. The van der Waals surface area contributed by atoms with Gasteiger partial charge in [-0.15, -0.1) is 0 Å². The molecule has 2 fully saturated rings.